The summed E-state index contributed by atoms with van der Waals surface area (Å²) in [6.45, 7) is 2.55. The minimum atomic E-state index is -0.221. The Balaban J connectivity index is 1.71. The van der Waals surface area contributed by atoms with Gasteiger partial charge in [-0.15, -0.1) is 0 Å². The highest BCUT2D eigenvalue weighted by molar-refractivity contribution is 5.90. The zero-order valence-electron chi connectivity index (χ0n) is 12.1. The molecule has 1 aliphatic heterocycles. The van der Waals surface area contributed by atoms with Crippen molar-refractivity contribution in [3.8, 4) is 6.07 Å². The van der Waals surface area contributed by atoms with Crippen LogP contribution in [-0.4, -0.2) is 41.7 Å². The number of β-amino-alcohol motifs (C(OH)–C–C–N with tert-alkyl or cyclic N) is 1. The van der Waals surface area contributed by atoms with Gasteiger partial charge in [-0.05, 0) is 50.6 Å². The number of nitriles is 1. The summed E-state index contributed by atoms with van der Waals surface area (Å²) < 4.78 is 0. The summed E-state index contributed by atoms with van der Waals surface area (Å²) in [7, 11) is 0. The summed E-state index contributed by atoms with van der Waals surface area (Å²) in [6, 6.07) is 8.95. The van der Waals surface area contributed by atoms with Crippen molar-refractivity contribution in [2.24, 2.45) is 0 Å². The van der Waals surface area contributed by atoms with Gasteiger partial charge < -0.3 is 15.3 Å². The van der Waals surface area contributed by atoms with E-state index >= 15 is 0 Å². The van der Waals surface area contributed by atoms with Crippen molar-refractivity contribution in [3.63, 3.8) is 0 Å². The van der Waals surface area contributed by atoms with Gasteiger partial charge in [-0.25, -0.2) is 0 Å². The van der Waals surface area contributed by atoms with E-state index in [1.54, 1.807) is 24.3 Å². The van der Waals surface area contributed by atoms with Crippen LogP contribution in [0.1, 0.15) is 31.2 Å². The van der Waals surface area contributed by atoms with Crippen LogP contribution in [0.2, 0.25) is 0 Å². The topological polar surface area (TPSA) is 76.4 Å². The van der Waals surface area contributed by atoms with Crippen LogP contribution in [0.3, 0.4) is 0 Å². The third kappa shape index (κ3) is 5.18. The second-order valence-electron chi connectivity index (χ2n) is 5.44. The van der Waals surface area contributed by atoms with Crippen molar-refractivity contribution >= 4 is 11.6 Å². The molecule has 1 heterocycles. The number of carbonyl (C=O) groups is 1. The predicted molar refractivity (Wildman–Crippen MR) is 80.7 cm³/mol. The Bertz CT molecular complexity index is 524. The lowest BCUT2D eigenvalue weighted by Crippen LogP contribution is -2.38. The highest BCUT2D eigenvalue weighted by Gasteiger charge is 2.17. The van der Waals surface area contributed by atoms with Crippen LogP contribution in [0.25, 0.3) is 0 Å². The predicted octanol–water partition coefficient (Wildman–Crippen LogP) is 1.73. The van der Waals surface area contributed by atoms with Crippen LogP contribution in [0.4, 0.5) is 5.69 Å². The molecule has 5 nitrogen and oxygen atoms in total. The molecule has 0 radical (unpaired) electrons. The fraction of sp³-hybridized carbons (Fsp3) is 0.500. The zero-order chi connectivity index (χ0) is 15.1. The number of likely N-dealkylation sites (tertiary alicyclic amines) is 1. The summed E-state index contributed by atoms with van der Waals surface area (Å²) >= 11 is 0. The van der Waals surface area contributed by atoms with Crippen molar-refractivity contribution in [3.05, 3.63) is 29.8 Å². The number of hydrogen-bond acceptors (Lipinski definition) is 4. The van der Waals surface area contributed by atoms with Gasteiger partial charge >= 0.3 is 0 Å². The number of benzene rings is 1. The van der Waals surface area contributed by atoms with Crippen molar-refractivity contribution in [1.82, 2.24) is 4.90 Å². The van der Waals surface area contributed by atoms with Gasteiger partial charge in [0.05, 0.1) is 17.7 Å². The first kappa shape index (κ1) is 15.5. The van der Waals surface area contributed by atoms with Gasteiger partial charge in [0, 0.05) is 18.7 Å². The Kier molecular flexibility index (Phi) is 5.73. The number of aliphatic hydroxyl groups is 1. The van der Waals surface area contributed by atoms with Gasteiger partial charge in [-0.2, -0.15) is 5.26 Å². The number of nitrogens with zero attached hydrogens (tertiary/aromatic N) is 2. The van der Waals surface area contributed by atoms with E-state index in [1.807, 2.05) is 6.07 Å². The molecule has 0 saturated carbocycles. The number of carbonyl (C=O) groups excluding carboxylic acids is 1. The van der Waals surface area contributed by atoms with Crippen LogP contribution in [0, 0.1) is 11.3 Å². The fourth-order valence-corrected chi connectivity index (χ4v) is 2.59. The Morgan fingerprint density at radius 3 is 3.14 bits per heavy atom. The van der Waals surface area contributed by atoms with Crippen molar-refractivity contribution in [1.29, 1.82) is 5.26 Å². The largest absolute Gasteiger partial charge is 0.392 e. The second-order valence-corrected chi connectivity index (χ2v) is 5.44. The molecule has 2 rings (SSSR count). The molecule has 0 spiro atoms. The van der Waals surface area contributed by atoms with Crippen LogP contribution < -0.4 is 5.32 Å². The molecule has 1 aromatic rings. The zero-order valence-corrected chi connectivity index (χ0v) is 12.1. The molecule has 1 amide bonds. The molecule has 1 fully saturated rings. The maximum atomic E-state index is 11.9. The van der Waals surface area contributed by atoms with E-state index in [0.717, 1.165) is 32.4 Å². The van der Waals surface area contributed by atoms with E-state index in [2.05, 4.69) is 10.2 Å². The molecule has 1 aromatic carbocycles. The number of aliphatic hydroxyl groups excluding tert-OH is 1. The molecule has 21 heavy (non-hydrogen) atoms. The van der Waals surface area contributed by atoms with Gasteiger partial charge in [0.1, 0.15) is 0 Å². The van der Waals surface area contributed by atoms with Crippen molar-refractivity contribution in [2.45, 2.75) is 31.8 Å². The summed E-state index contributed by atoms with van der Waals surface area (Å²) in [5, 5.41) is 21.2. The molecule has 2 N–H and O–H groups in total. The molecule has 0 aromatic heterocycles. The molecule has 1 aliphatic rings. The van der Waals surface area contributed by atoms with Crippen LogP contribution >= 0.6 is 0 Å². The van der Waals surface area contributed by atoms with Gasteiger partial charge in [-0.3, -0.25) is 4.79 Å². The molecule has 0 aliphatic carbocycles. The van der Waals surface area contributed by atoms with Crippen LogP contribution in [0.15, 0.2) is 24.3 Å². The van der Waals surface area contributed by atoms with E-state index in [0.29, 0.717) is 24.2 Å². The first-order valence-electron chi connectivity index (χ1n) is 7.38. The average molecular weight is 287 g/mol. The highest BCUT2D eigenvalue weighted by Crippen LogP contribution is 2.12. The maximum Gasteiger partial charge on any atom is 0.224 e. The number of nitrogens with one attached hydrogen (secondary N) is 1. The highest BCUT2D eigenvalue weighted by atomic mass is 16.3. The van der Waals surface area contributed by atoms with Crippen LogP contribution in [-0.2, 0) is 4.79 Å². The monoisotopic (exact) mass is 287 g/mol. The van der Waals surface area contributed by atoms with Crippen LogP contribution in [0.5, 0.6) is 0 Å². The smallest absolute Gasteiger partial charge is 0.224 e. The maximum absolute atomic E-state index is 11.9. The first-order valence-corrected chi connectivity index (χ1v) is 7.38. The average Bonchev–Trinajstić information content (AvgIpc) is 2.47. The molecular formula is C16H21N3O2. The number of anilines is 1. The van der Waals surface area contributed by atoms with E-state index in [1.165, 1.54) is 0 Å². The Morgan fingerprint density at radius 1 is 1.52 bits per heavy atom. The third-order valence-corrected chi connectivity index (χ3v) is 3.63. The molecule has 1 saturated heterocycles. The Morgan fingerprint density at radius 2 is 2.38 bits per heavy atom. The number of hydrogen-bond donors (Lipinski definition) is 2. The Labute approximate surface area is 125 Å². The van der Waals surface area contributed by atoms with Gasteiger partial charge in [0.25, 0.3) is 0 Å². The quantitative estimate of drug-likeness (QED) is 0.864. The standard InChI is InChI=1S/C16H21N3O2/c17-11-13-4-1-5-14(10-13)18-16(21)7-3-9-19-8-2-6-15(20)12-19/h1,4-5,10,15,20H,2-3,6-9,12H2,(H,18,21). The lowest BCUT2D eigenvalue weighted by Gasteiger charge is -2.29. The van der Waals surface area contributed by atoms with Gasteiger partial charge in [-0.1, -0.05) is 6.07 Å². The molecule has 1 unspecified atom stereocenters. The molecule has 0 bridgehead atoms. The SMILES string of the molecule is N#Cc1cccc(NC(=O)CCCN2CCCC(O)C2)c1. The molecule has 112 valence electrons. The third-order valence-electron chi connectivity index (χ3n) is 3.63. The first-order chi connectivity index (χ1) is 10.2. The van der Waals surface area contributed by atoms with E-state index in [-0.39, 0.29) is 12.0 Å². The van der Waals surface area contributed by atoms with Crippen molar-refractivity contribution < 1.29 is 9.90 Å². The number of piperidine rings is 1. The Hall–Kier alpha value is -1.90. The summed E-state index contributed by atoms with van der Waals surface area (Å²) in [6.07, 6.45) is 2.90. The van der Waals surface area contributed by atoms with E-state index in [9.17, 15) is 9.90 Å². The summed E-state index contributed by atoms with van der Waals surface area (Å²) in [5.41, 5.74) is 1.20. The van der Waals surface area contributed by atoms with E-state index in [4.69, 9.17) is 5.26 Å². The lowest BCUT2D eigenvalue weighted by molar-refractivity contribution is -0.116. The van der Waals surface area contributed by atoms with Crippen molar-refractivity contribution in [2.75, 3.05) is 25.0 Å². The number of rotatable bonds is 5. The molecule has 5 heteroatoms. The van der Waals surface area contributed by atoms with Gasteiger partial charge in [0.15, 0.2) is 0 Å². The normalized spacial score (nSPS) is 19.0. The summed E-state index contributed by atoms with van der Waals surface area (Å²) in [5.74, 6) is -0.0392. The molecular weight excluding hydrogens is 266 g/mol. The second kappa shape index (κ2) is 7.77. The fourth-order valence-electron chi connectivity index (χ4n) is 2.59. The number of amides is 1. The molecule has 1 atom stereocenters. The minimum Gasteiger partial charge on any atom is -0.392 e. The van der Waals surface area contributed by atoms with Gasteiger partial charge in [0.2, 0.25) is 5.91 Å². The summed E-state index contributed by atoms with van der Waals surface area (Å²) in [4.78, 5) is 14.1. The minimum absolute atomic E-state index is 0.0392. The lowest BCUT2D eigenvalue weighted by atomic mass is 10.1. The van der Waals surface area contributed by atoms with E-state index < -0.39 is 0 Å².